The Morgan fingerprint density at radius 2 is 1.73 bits per heavy atom. The third-order valence-corrected chi connectivity index (χ3v) is 5.04. The minimum Gasteiger partial charge on any atom is -0.390 e. The molecule has 3 unspecified atom stereocenters. The summed E-state index contributed by atoms with van der Waals surface area (Å²) in [6.07, 6.45) is 7.00. The molecule has 0 aromatic carbocycles. The van der Waals surface area contributed by atoms with Gasteiger partial charge < -0.3 is 10.8 Å². The Kier molecular flexibility index (Phi) is 2.61. The Labute approximate surface area is 98.0 Å². The Morgan fingerprint density at radius 1 is 1.20 bits per heavy atom. The van der Waals surface area contributed by atoms with E-state index in [-0.39, 0.29) is 24.0 Å². The minimum absolute atomic E-state index is 0. The van der Waals surface area contributed by atoms with Gasteiger partial charge in [0.25, 0.3) is 0 Å². The van der Waals surface area contributed by atoms with E-state index >= 15 is 0 Å². The lowest BCUT2D eigenvalue weighted by atomic mass is 9.46. The van der Waals surface area contributed by atoms with Crippen molar-refractivity contribution in [2.24, 2.45) is 23.0 Å². The topological polar surface area (TPSA) is 46.2 Å². The van der Waals surface area contributed by atoms with Gasteiger partial charge >= 0.3 is 0 Å². The van der Waals surface area contributed by atoms with E-state index in [0.29, 0.717) is 5.41 Å². The van der Waals surface area contributed by atoms with Crippen LogP contribution in [0.2, 0.25) is 0 Å². The van der Waals surface area contributed by atoms with E-state index in [9.17, 15) is 5.11 Å². The molecule has 0 aromatic rings. The van der Waals surface area contributed by atoms with Crippen molar-refractivity contribution in [2.75, 3.05) is 0 Å². The highest BCUT2D eigenvalue weighted by Crippen LogP contribution is 2.62. The van der Waals surface area contributed by atoms with E-state index in [1.165, 1.54) is 19.3 Å². The van der Waals surface area contributed by atoms with Crippen LogP contribution in [0.3, 0.4) is 0 Å². The molecule has 4 aliphatic carbocycles. The monoisotopic (exact) mass is 231 g/mol. The summed E-state index contributed by atoms with van der Waals surface area (Å²) in [5.74, 6) is 1.54. The van der Waals surface area contributed by atoms with Crippen molar-refractivity contribution in [3.05, 3.63) is 0 Å². The SMILES string of the molecule is CC(N)C12C[C@@H]3C[C@@H](CC(O)(C3)C1)C2.Cl. The van der Waals surface area contributed by atoms with Crippen LogP contribution >= 0.6 is 12.4 Å². The summed E-state index contributed by atoms with van der Waals surface area (Å²) >= 11 is 0. The number of nitrogens with two attached hydrogens (primary N) is 1. The molecule has 88 valence electrons. The Morgan fingerprint density at radius 3 is 2.13 bits per heavy atom. The minimum atomic E-state index is -0.336. The molecule has 4 rings (SSSR count). The van der Waals surface area contributed by atoms with E-state index in [0.717, 1.165) is 31.1 Å². The molecule has 2 nitrogen and oxygen atoms in total. The summed E-state index contributed by atoms with van der Waals surface area (Å²) in [5, 5.41) is 10.5. The average molecular weight is 232 g/mol. The number of aliphatic hydroxyl groups is 1. The van der Waals surface area contributed by atoms with Gasteiger partial charge in [0.15, 0.2) is 0 Å². The highest BCUT2D eigenvalue weighted by Gasteiger charge is 2.58. The van der Waals surface area contributed by atoms with E-state index in [1.54, 1.807) is 0 Å². The molecule has 0 radical (unpaired) electrons. The van der Waals surface area contributed by atoms with E-state index in [4.69, 9.17) is 5.73 Å². The average Bonchev–Trinajstić information content (AvgIpc) is 1.98. The van der Waals surface area contributed by atoms with Gasteiger partial charge in [-0.05, 0) is 62.7 Å². The summed E-state index contributed by atoms with van der Waals surface area (Å²) in [5.41, 5.74) is 6.09. The molecule has 4 aliphatic rings. The van der Waals surface area contributed by atoms with Gasteiger partial charge in [-0.2, -0.15) is 0 Å². The second kappa shape index (κ2) is 3.35. The van der Waals surface area contributed by atoms with Gasteiger partial charge in [0.05, 0.1) is 5.60 Å². The molecule has 0 aromatic heterocycles. The molecule has 0 aliphatic heterocycles. The maximum Gasteiger partial charge on any atom is 0.0659 e. The van der Waals surface area contributed by atoms with Crippen LogP contribution in [-0.2, 0) is 0 Å². The lowest BCUT2D eigenvalue weighted by Gasteiger charge is -2.61. The van der Waals surface area contributed by atoms with Gasteiger partial charge in [-0.25, -0.2) is 0 Å². The van der Waals surface area contributed by atoms with E-state index < -0.39 is 0 Å². The van der Waals surface area contributed by atoms with Crippen LogP contribution in [0.1, 0.15) is 45.4 Å². The predicted molar refractivity (Wildman–Crippen MR) is 63.0 cm³/mol. The first-order valence-corrected chi connectivity index (χ1v) is 5.99. The lowest BCUT2D eigenvalue weighted by molar-refractivity contribution is -0.168. The highest BCUT2D eigenvalue weighted by atomic mass is 35.5. The zero-order valence-corrected chi connectivity index (χ0v) is 10.2. The van der Waals surface area contributed by atoms with Crippen LogP contribution in [0, 0.1) is 17.3 Å². The molecule has 4 bridgehead atoms. The first-order chi connectivity index (χ1) is 6.51. The van der Waals surface area contributed by atoms with Crippen LogP contribution in [0.5, 0.6) is 0 Å². The number of hydrogen-bond acceptors (Lipinski definition) is 2. The summed E-state index contributed by atoms with van der Waals surface area (Å²) < 4.78 is 0. The Hall–Kier alpha value is 0.210. The molecule has 4 fully saturated rings. The fourth-order valence-electron chi connectivity index (χ4n) is 4.82. The smallest absolute Gasteiger partial charge is 0.0659 e. The summed E-state index contributed by atoms with van der Waals surface area (Å²) in [6, 6.07) is 0.264. The quantitative estimate of drug-likeness (QED) is 0.726. The van der Waals surface area contributed by atoms with Gasteiger partial charge in [-0.1, -0.05) is 0 Å². The van der Waals surface area contributed by atoms with Crippen molar-refractivity contribution >= 4 is 12.4 Å². The standard InChI is InChI=1S/C12H21NO.ClH/c1-8(13)11-3-9-2-10(4-11)6-12(14,5-9)7-11;/h8-10,14H,2-7,13H2,1H3;1H/t8?,9-,10+,11?,12?;. The van der Waals surface area contributed by atoms with Crippen molar-refractivity contribution in [2.45, 2.75) is 57.1 Å². The second-order valence-electron chi connectivity index (χ2n) is 6.34. The first-order valence-electron chi connectivity index (χ1n) is 5.99. The van der Waals surface area contributed by atoms with Crippen molar-refractivity contribution in [1.29, 1.82) is 0 Å². The normalized spacial score (nSPS) is 53.8. The van der Waals surface area contributed by atoms with Crippen molar-refractivity contribution in [3.8, 4) is 0 Å². The van der Waals surface area contributed by atoms with Crippen LogP contribution in [-0.4, -0.2) is 16.7 Å². The Bertz CT molecular complexity index is 252. The number of rotatable bonds is 1. The predicted octanol–water partition coefficient (Wildman–Crippen LogP) is 2.09. The summed E-state index contributed by atoms with van der Waals surface area (Å²) in [6.45, 7) is 2.14. The first kappa shape index (κ1) is 11.7. The van der Waals surface area contributed by atoms with Gasteiger partial charge in [0.2, 0.25) is 0 Å². The molecule has 5 atom stereocenters. The molecule has 0 amide bonds. The van der Waals surface area contributed by atoms with Crippen LogP contribution < -0.4 is 5.73 Å². The highest BCUT2D eigenvalue weighted by molar-refractivity contribution is 5.85. The van der Waals surface area contributed by atoms with Crippen LogP contribution in [0.25, 0.3) is 0 Å². The third kappa shape index (κ3) is 1.62. The summed E-state index contributed by atoms with van der Waals surface area (Å²) in [7, 11) is 0. The zero-order chi connectivity index (χ0) is 9.97. The molecule has 4 saturated carbocycles. The van der Waals surface area contributed by atoms with Crippen molar-refractivity contribution in [1.82, 2.24) is 0 Å². The second-order valence-corrected chi connectivity index (χ2v) is 6.34. The fourth-order valence-corrected chi connectivity index (χ4v) is 4.82. The van der Waals surface area contributed by atoms with Crippen LogP contribution in [0.15, 0.2) is 0 Å². The van der Waals surface area contributed by atoms with Crippen molar-refractivity contribution < 1.29 is 5.11 Å². The van der Waals surface area contributed by atoms with E-state index in [2.05, 4.69) is 6.92 Å². The van der Waals surface area contributed by atoms with E-state index in [1.807, 2.05) is 0 Å². The molecule has 0 spiro atoms. The molecule has 3 N–H and O–H groups in total. The molecular weight excluding hydrogens is 210 g/mol. The zero-order valence-electron chi connectivity index (χ0n) is 9.41. The number of halogens is 1. The third-order valence-electron chi connectivity index (χ3n) is 5.04. The Balaban J connectivity index is 0.000000853. The van der Waals surface area contributed by atoms with Gasteiger partial charge in [0, 0.05) is 6.04 Å². The summed E-state index contributed by atoms with van der Waals surface area (Å²) in [4.78, 5) is 0. The van der Waals surface area contributed by atoms with Crippen LogP contribution in [0.4, 0.5) is 0 Å². The number of hydrogen-bond donors (Lipinski definition) is 2. The van der Waals surface area contributed by atoms with Gasteiger partial charge in [-0.3, -0.25) is 0 Å². The fraction of sp³-hybridized carbons (Fsp3) is 1.00. The van der Waals surface area contributed by atoms with Crippen molar-refractivity contribution in [3.63, 3.8) is 0 Å². The molecular formula is C12H22ClNO. The molecule has 0 saturated heterocycles. The largest absolute Gasteiger partial charge is 0.390 e. The van der Waals surface area contributed by atoms with Gasteiger partial charge in [-0.15, -0.1) is 12.4 Å². The molecule has 15 heavy (non-hydrogen) atoms. The van der Waals surface area contributed by atoms with Gasteiger partial charge in [0.1, 0.15) is 0 Å². The lowest BCUT2D eigenvalue weighted by Crippen LogP contribution is -2.60. The molecule has 0 heterocycles. The maximum atomic E-state index is 10.5. The molecule has 3 heteroatoms. The maximum absolute atomic E-state index is 10.5.